The van der Waals surface area contributed by atoms with Gasteiger partial charge in [-0.05, 0) is 96.8 Å². The van der Waals surface area contributed by atoms with Gasteiger partial charge in [-0.1, -0.05) is 38.1 Å². The third-order valence-corrected chi connectivity index (χ3v) is 12.0. The molecular weight excluding hydrogens is 455 g/mol. The van der Waals surface area contributed by atoms with Crippen molar-refractivity contribution < 1.29 is 19.0 Å². The van der Waals surface area contributed by atoms with Crippen molar-refractivity contribution in [3.8, 4) is 0 Å². The van der Waals surface area contributed by atoms with Crippen LogP contribution in [0.1, 0.15) is 76.7 Å². The second kappa shape index (κ2) is 7.63. The van der Waals surface area contributed by atoms with E-state index in [1.54, 1.807) is 0 Å². The van der Waals surface area contributed by atoms with Crippen molar-refractivity contribution in [2.75, 3.05) is 13.3 Å². The Balaban J connectivity index is 1.55. The first-order valence-corrected chi connectivity index (χ1v) is 15.3. The van der Waals surface area contributed by atoms with Crippen LogP contribution in [0, 0.1) is 16.7 Å². The van der Waals surface area contributed by atoms with Gasteiger partial charge in [0.25, 0.3) is 0 Å². The highest BCUT2D eigenvalue weighted by Crippen LogP contribution is 2.75. The summed E-state index contributed by atoms with van der Waals surface area (Å²) in [6.45, 7) is 11.7. The molecule has 1 heterocycles. The smallest absolute Gasteiger partial charge is 0.226 e. The number of hydrogen-bond donors (Lipinski definition) is 1. The zero-order valence-corrected chi connectivity index (χ0v) is 22.1. The Labute approximate surface area is 209 Å². The third-order valence-electron chi connectivity index (χ3n) is 10.8. The molecule has 186 valence electrons. The molecule has 4 nitrogen and oxygen atoms in total. The van der Waals surface area contributed by atoms with Gasteiger partial charge in [0.1, 0.15) is 0 Å². The summed E-state index contributed by atoms with van der Waals surface area (Å²) < 4.78 is 18.9. The van der Waals surface area contributed by atoms with E-state index in [0.717, 1.165) is 51.6 Å². The van der Waals surface area contributed by atoms with Gasteiger partial charge in [-0.3, -0.25) is 9.36 Å². The van der Waals surface area contributed by atoms with Crippen LogP contribution in [-0.4, -0.2) is 29.5 Å². The number of allylic oxidation sites excluding steroid dienone is 4. The van der Waals surface area contributed by atoms with Crippen molar-refractivity contribution in [3.63, 3.8) is 0 Å². The third kappa shape index (κ3) is 3.12. The van der Waals surface area contributed by atoms with E-state index in [1.165, 1.54) is 34.5 Å². The Kier molecular flexibility index (Phi) is 5.16. The molecule has 1 spiro atoms. The van der Waals surface area contributed by atoms with Crippen molar-refractivity contribution in [1.29, 1.82) is 0 Å². The van der Waals surface area contributed by atoms with E-state index >= 15 is 0 Å². The number of ketones is 1. The van der Waals surface area contributed by atoms with Crippen LogP contribution in [-0.2, 0) is 14.1 Å². The normalized spacial score (nSPS) is 40.3. The molecule has 35 heavy (non-hydrogen) atoms. The zero-order valence-electron chi connectivity index (χ0n) is 21.2. The average Bonchev–Trinajstić information content (AvgIpc) is 3.31. The van der Waals surface area contributed by atoms with Crippen molar-refractivity contribution in [1.82, 2.24) is 0 Å². The van der Waals surface area contributed by atoms with Gasteiger partial charge in [0.05, 0.1) is 12.2 Å². The molecule has 6 atom stereocenters. The van der Waals surface area contributed by atoms with Crippen LogP contribution in [0.2, 0.25) is 0 Å². The highest BCUT2D eigenvalue weighted by Gasteiger charge is 2.71. The lowest BCUT2D eigenvalue weighted by molar-refractivity contribution is -0.121. The van der Waals surface area contributed by atoms with Crippen molar-refractivity contribution >= 4 is 18.5 Å². The molecule has 1 aromatic rings. The first-order valence-electron chi connectivity index (χ1n) is 13.2. The summed E-state index contributed by atoms with van der Waals surface area (Å²) in [6, 6.07) is 7.82. The fourth-order valence-electron chi connectivity index (χ4n) is 8.75. The quantitative estimate of drug-likeness (QED) is 0.393. The van der Waals surface area contributed by atoms with Crippen molar-refractivity contribution in [2.45, 2.75) is 76.7 Å². The molecular formula is C30H37O4P. The van der Waals surface area contributed by atoms with E-state index in [9.17, 15) is 14.3 Å². The van der Waals surface area contributed by atoms with Gasteiger partial charge in [0.2, 0.25) is 7.37 Å². The topological polar surface area (TPSA) is 63.6 Å². The Morgan fingerprint density at radius 1 is 1.09 bits per heavy atom. The minimum absolute atomic E-state index is 0.0472. The fourth-order valence-corrected chi connectivity index (χ4v) is 9.45. The van der Waals surface area contributed by atoms with Crippen LogP contribution in [0.25, 0.3) is 0 Å². The molecule has 1 saturated heterocycles. The van der Waals surface area contributed by atoms with Gasteiger partial charge in [0.15, 0.2) is 5.78 Å². The molecule has 0 aromatic heterocycles. The zero-order chi connectivity index (χ0) is 24.8. The standard InChI is InChI=1S/C30H37O4P/c1-19-13-16-34-30(19)15-14-28(2)26-12-7-21-17-22(31)8-11-24(21)27(26)25(18-29(28,30)3)20-5-9-23(10-6-20)35(4,32)33/h5-6,9-10,17,25-26H,1,7-8,11-16,18H2,2-4H3,(H,32,33)/t25-,26-,28+,29+,30-/m1/s1. The van der Waals surface area contributed by atoms with E-state index in [2.05, 4.69) is 32.6 Å². The summed E-state index contributed by atoms with van der Waals surface area (Å²) in [7, 11) is -3.30. The van der Waals surface area contributed by atoms with E-state index in [0.29, 0.717) is 17.6 Å². The Hall–Kier alpha value is -1.74. The monoisotopic (exact) mass is 492 g/mol. The number of ether oxygens (including phenoxy) is 1. The van der Waals surface area contributed by atoms with Gasteiger partial charge in [-0.2, -0.15) is 0 Å². The maximum atomic E-state index is 12.3. The number of hydrogen-bond acceptors (Lipinski definition) is 3. The van der Waals surface area contributed by atoms with Crippen LogP contribution in [0.4, 0.5) is 0 Å². The molecule has 6 rings (SSSR count). The molecule has 0 radical (unpaired) electrons. The first kappa shape index (κ1) is 23.6. The van der Waals surface area contributed by atoms with Crippen LogP contribution < -0.4 is 5.30 Å². The first-order chi connectivity index (χ1) is 16.5. The summed E-state index contributed by atoms with van der Waals surface area (Å²) in [4.78, 5) is 22.4. The Bertz CT molecular complexity index is 1230. The molecule has 5 heteroatoms. The molecule has 1 unspecified atom stereocenters. The second-order valence-electron chi connectivity index (χ2n) is 12.2. The molecule has 0 bridgehead atoms. The van der Waals surface area contributed by atoms with Gasteiger partial charge >= 0.3 is 0 Å². The molecule has 0 amide bonds. The minimum Gasteiger partial charge on any atom is -0.370 e. The molecule has 5 aliphatic rings. The molecule has 1 aromatic carbocycles. The Morgan fingerprint density at radius 2 is 1.83 bits per heavy atom. The van der Waals surface area contributed by atoms with E-state index in [4.69, 9.17) is 4.74 Å². The lowest BCUT2D eigenvalue weighted by atomic mass is 9.44. The largest absolute Gasteiger partial charge is 0.370 e. The van der Waals surface area contributed by atoms with Gasteiger partial charge < -0.3 is 9.63 Å². The number of carbonyl (C=O) groups excluding carboxylic acids is 1. The molecule has 2 saturated carbocycles. The van der Waals surface area contributed by atoms with Gasteiger partial charge in [-0.25, -0.2) is 0 Å². The summed E-state index contributed by atoms with van der Waals surface area (Å²) in [6.07, 6.45) is 9.49. The van der Waals surface area contributed by atoms with E-state index in [-0.39, 0.29) is 28.1 Å². The number of rotatable bonds is 2. The lowest BCUT2D eigenvalue weighted by Crippen LogP contribution is -2.56. The van der Waals surface area contributed by atoms with Crippen LogP contribution in [0.3, 0.4) is 0 Å². The average molecular weight is 493 g/mol. The summed E-state index contributed by atoms with van der Waals surface area (Å²) in [5, 5.41) is 0.500. The Morgan fingerprint density at radius 3 is 2.49 bits per heavy atom. The maximum absolute atomic E-state index is 12.3. The number of carbonyl (C=O) groups is 1. The fraction of sp³-hybridized carbons (Fsp3) is 0.567. The maximum Gasteiger partial charge on any atom is 0.226 e. The number of fused-ring (bicyclic) bond motifs is 5. The lowest BCUT2D eigenvalue weighted by Gasteiger charge is -2.60. The van der Waals surface area contributed by atoms with E-state index in [1.807, 2.05) is 18.2 Å². The number of benzene rings is 1. The molecule has 3 fully saturated rings. The van der Waals surface area contributed by atoms with Crippen LogP contribution in [0.15, 0.2) is 59.2 Å². The van der Waals surface area contributed by atoms with E-state index < -0.39 is 7.37 Å². The van der Waals surface area contributed by atoms with Crippen LogP contribution in [0.5, 0.6) is 0 Å². The highest BCUT2D eigenvalue weighted by molar-refractivity contribution is 7.65. The molecule has 1 N–H and O–H groups in total. The van der Waals surface area contributed by atoms with Crippen molar-refractivity contribution in [3.05, 3.63) is 64.8 Å². The summed E-state index contributed by atoms with van der Waals surface area (Å²) >= 11 is 0. The SMILES string of the molecule is C=C1CCO[C@]12CC[C@@]1(C)[C@@H]3CCC4=CC(=O)CCC4=C3[C@@H](c3ccc(P(C)(=O)O)cc3)C[C@@]12C. The predicted molar refractivity (Wildman–Crippen MR) is 139 cm³/mol. The predicted octanol–water partition coefficient (Wildman–Crippen LogP) is 6.22. The highest BCUT2D eigenvalue weighted by atomic mass is 31.2. The summed E-state index contributed by atoms with van der Waals surface area (Å²) in [5.41, 5.74) is 6.48. The molecule has 4 aliphatic carbocycles. The second-order valence-corrected chi connectivity index (χ2v) is 14.4. The van der Waals surface area contributed by atoms with Crippen molar-refractivity contribution in [2.24, 2.45) is 16.7 Å². The molecule has 1 aliphatic heterocycles. The minimum atomic E-state index is -3.30. The van der Waals surface area contributed by atoms with Crippen LogP contribution >= 0.6 is 7.37 Å². The summed E-state index contributed by atoms with van der Waals surface area (Å²) in [5.74, 6) is 0.909. The van der Waals surface area contributed by atoms with Gasteiger partial charge in [-0.15, -0.1) is 0 Å². The van der Waals surface area contributed by atoms with Gasteiger partial charge in [0, 0.05) is 29.7 Å².